The van der Waals surface area contributed by atoms with Crippen molar-refractivity contribution in [3.05, 3.63) is 47.3 Å². The van der Waals surface area contributed by atoms with Crippen molar-refractivity contribution in [2.45, 2.75) is 26.7 Å². The normalized spacial score (nSPS) is 10.9. The fourth-order valence-electron chi connectivity index (χ4n) is 2.54. The van der Waals surface area contributed by atoms with Crippen molar-refractivity contribution in [1.29, 1.82) is 0 Å². The Kier molecular flexibility index (Phi) is 4.37. The van der Waals surface area contributed by atoms with Gasteiger partial charge in [-0.15, -0.1) is 0 Å². The molecule has 8 nitrogen and oxygen atoms in total. The largest absolute Gasteiger partial charge is 0.457 e. The first-order valence-electron chi connectivity index (χ1n) is 7.54. The third kappa shape index (κ3) is 3.17. The van der Waals surface area contributed by atoms with E-state index in [9.17, 15) is 9.59 Å². The van der Waals surface area contributed by atoms with E-state index in [-0.39, 0.29) is 18.8 Å². The molecule has 0 fully saturated rings. The highest BCUT2D eigenvalue weighted by Gasteiger charge is 2.14. The smallest absolute Gasteiger partial charge is 0.306 e. The van der Waals surface area contributed by atoms with Crippen LogP contribution in [-0.4, -0.2) is 42.9 Å². The van der Waals surface area contributed by atoms with Gasteiger partial charge in [-0.3, -0.25) is 9.59 Å². The zero-order chi connectivity index (χ0) is 17.1. The van der Waals surface area contributed by atoms with Crippen LogP contribution in [0.5, 0.6) is 0 Å². The number of carbonyl (C=O) groups is 2. The number of ether oxygens (including phenoxy) is 1. The second-order valence-corrected chi connectivity index (χ2v) is 5.40. The Morgan fingerprint density at radius 3 is 2.92 bits per heavy atom. The minimum atomic E-state index is -0.424. The van der Waals surface area contributed by atoms with E-state index < -0.39 is 5.97 Å². The van der Waals surface area contributed by atoms with Crippen LogP contribution in [0.15, 0.2) is 24.7 Å². The molecule has 3 aromatic heterocycles. The fourth-order valence-corrected chi connectivity index (χ4v) is 2.54. The van der Waals surface area contributed by atoms with Gasteiger partial charge >= 0.3 is 5.97 Å². The molecule has 3 rings (SSSR count). The summed E-state index contributed by atoms with van der Waals surface area (Å²) in [6.07, 6.45) is 3.73. The van der Waals surface area contributed by atoms with E-state index in [0.717, 1.165) is 17.0 Å². The molecular formula is C16H17N5O3. The lowest BCUT2D eigenvalue weighted by atomic mass is 10.1. The fraction of sp³-hybridized carbons (Fsp3) is 0.312. The lowest BCUT2D eigenvalue weighted by Crippen LogP contribution is -2.15. The monoisotopic (exact) mass is 327 g/mol. The number of esters is 1. The SMILES string of the molecule is Cc1nc2ncnn2c(C)c1CCC(=O)OCC(=O)c1ccc[nH]1. The number of nitrogens with zero attached hydrogens (tertiary/aromatic N) is 4. The van der Waals surface area contributed by atoms with E-state index in [0.29, 0.717) is 17.9 Å². The molecule has 1 N–H and O–H groups in total. The number of fused-ring (bicyclic) bond motifs is 1. The summed E-state index contributed by atoms with van der Waals surface area (Å²) in [5, 5.41) is 4.11. The molecule has 0 unspecified atom stereocenters. The van der Waals surface area contributed by atoms with Crippen molar-refractivity contribution in [2.24, 2.45) is 0 Å². The van der Waals surface area contributed by atoms with E-state index in [1.54, 1.807) is 22.8 Å². The van der Waals surface area contributed by atoms with Gasteiger partial charge in [-0.05, 0) is 38.0 Å². The van der Waals surface area contributed by atoms with Crippen LogP contribution >= 0.6 is 0 Å². The lowest BCUT2D eigenvalue weighted by Gasteiger charge is -2.10. The number of H-pyrrole nitrogens is 1. The Labute approximate surface area is 137 Å². The number of hydrogen-bond acceptors (Lipinski definition) is 6. The molecule has 8 heteroatoms. The summed E-state index contributed by atoms with van der Waals surface area (Å²) in [6.45, 7) is 3.51. The summed E-state index contributed by atoms with van der Waals surface area (Å²) in [5.41, 5.74) is 3.06. The van der Waals surface area contributed by atoms with Crippen LogP contribution in [0.25, 0.3) is 5.78 Å². The Balaban J connectivity index is 1.59. The molecular weight excluding hydrogens is 310 g/mol. The summed E-state index contributed by atoms with van der Waals surface area (Å²) < 4.78 is 6.68. The Bertz CT molecular complexity index is 883. The average molecular weight is 327 g/mol. The van der Waals surface area contributed by atoms with Gasteiger partial charge in [-0.25, -0.2) is 9.50 Å². The van der Waals surface area contributed by atoms with E-state index >= 15 is 0 Å². The molecule has 0 atom stereocenters. The molecule has 24 heavy (non-hydrogen) atoms. The minimum Gasteiger partial charge on any atom is -0.457 e. The van der Waals surface area contributed by atoms with Gasteiger partial charge in [-0.1, -0.05) is 0 Å². The summed E-state index contributed by atoms with van der Waals surface area (Å²) in [7, 11) is 0. The maximum Gasteiger partial charge on any atom is 0.306 e. The third-order valence-corrected chi connectivity index (χ3v) is 3.83. The highest BCUT2D eigenvalue weighted by atomic mass is 16.5. The number of rotatable bonds is 6. The standard InChI is InChI=1S/C16H17N5O3/c1-10-12(11(2)21-16(20-10)18-9-19-21)5-6-15(23)24-8-14(22)13-4-3-7-17-13/h3-4,7,9,17H,5-6,8H2,1-2H3. The molecule has 0 saturated carbocycles. The van der Waals surface area contributed by atoms with Crippen molar-refractivity contribution in [3.8, 4) is 0 Å². The summed E-state index contributed by atoms with van der Waals surface area (Å²) >= 11 is 0. The predicted molar refractivity (Wildman–Crippen MR) is 84.7 cm³/mol. The highest BCUT2D eigenvalue weighted by molar-refractivity contribution is 5.96. The molecule has 0 spiro atoms. The Morgan fingerprint density at radius 2 is 2.17 bits per heavy atom. The topological polar surface area (TPSA) is 102 Å². The van der Waals surface area contributed by atoms with Crippen molar-refractivity contribution in [3.63, 3.8) is 0 Å². The van der Waals surface area contributed by atoms with Gasteiger partial charge in [0, 0.05) is 24.0 Å². The zero-order valence-corrected chi connectivity index (χ0v) is 13.4. The summed E-state index contributed by atoms with van der Waals surface area (Å²) in [4.78, 5) is 34.9. The minimum absolute atomic E-state index is 0.168. The van der Waals surface area contributed by atoms with Crippen molar-refractivity contribution in [2.75, 3.05) is 6.61 Å². The number of Topliss-reactive ketones (excluding diaryl/α,β-unsaturated/α-hetero) is 1. The number of carbonyl (C=O) groups excluding carboxylic acids is 2. The van der Waals surface area contributed by atoms with Gasteiger partial charge in [0.2, 0.25) is 5.78 Å². The van der Waals surface area contributed by atoms with Gasteiger partial charge < -0.3 is 9.72 Å². The first kappa shape index (κ1) is 15.9. The quantitative estimate of drug-likeness (QED) is 0.543. The number of hydrogen-bond donors (Lipinski definition) is 1. The number of aromatic amines is 1. The molecule has 3 heterocycles. The molecule has 0 radical (unpaired) electrons. The molecule has 0 aromatic carbocycles. The maximum atomic E-state index is 11.9. The van der Waals surface area contributed by atoms with Crippen LogP contribution in [-0.2, 0) is 16.0 Å². The van der Waals surface area contributed by atoms with Gasteiger partial charge in [-0.2, -0.15) is 10.1 Å². The van der Waals surface area contributed by atoms with E-state index in [4.69, 9.17) is 4.74 Å². The molecule has 0 saturated heterocycles. The number of nitrogens with one attached hydrogen (secondary N) is 1. The number of aryl methyl sites for hydroxylation is 2. The van der Waals surface area contributed by atoms with Crippen molar-refractivity contribution >= 4 is 17.5 Å². The molecule has 0 aliphatic rings. The van der Waals surface area contributed by atoms with Gasteiger partial charge in [0.25, 0.3) is 5.78 Å². The van der Waals surface area contributed by atoms with Crippen LogP contribution in [0.1, 0.15) is 33.9 Å². The first-order chi connectivity index (χ1) is 11.6. The predicted octanol–water partition coefficient (Wildman–Crippen LogP) is 1.43. The summed E-state index contributed by atoms with van der Waals surface area (Å²) in [6, 6.07) is 3.36. The van der Waals surface area contributed by atoms with E-state index in [1.807, 2.05) is 13.8 Å². The van der Waals surface area contributed by atoms with Crippen LogP contribution in [0.3, 0.4) is 0 Å². The molecule has 3 aromatic rings. The lowest BCUT2D eigenvalue weighted by molar-refractivity contribution is -0.142. The molecule has 0 bridgehead atoms. The van der Waals surface area contributed by atoms with Gasteiger partial charge in [0.15, 0.2) is 6.61 Å². The van der Waals surface area contributed by atoms with Gasteiger partial charge in [0.1, 0.15) is 6.33 Å². The van der Waals surface area contributed by atoms with Crippen LogP contribution < -0.4 is 0 Å². The Hall–Kier alpha value is -3.03. The molecule has 0 aliphatic carbocycles. The molecule has 124 valence electrons. The number of aromatic nitrogens is 5. The zero-order valence-electron chi connectivity index (χ0n) is 13.4. The molecule has 0 amide bonds. The third-order valence-electron chi connectivity index (χ3n) is 3.83. The van der Waals surface area contributed by atoms with Gasteiger partial charge in [0.05, 0.1) is 5.69 Å². The Morgan fingerprint density at radius 1 is 1.33 bits per heavy atom. The summed E-state index contributed by atoms with van der Waals surface area (Å²) in [5.74, 6) is -0.147. The maximum absolute atomic E-state index is 11.9. The van der Waals surface area contributed by atoms with Crippen molar-refractivity contribution < 1.29 is 14.3 Å². The second kappa shape index (κ2) is 6.61. The van der Waals surface area contributed by atoms with Crippen LogP contribution in [0.4, 0.5) is 0 Å². The van der Waals surface area contributed by atoms with Crippen molar-refractivity contribution in [1.82, 2.24) is 24.6 Å². The van der Waals surface area contributed by atoms with Crippen LogP contribution in [0.2, 0.25) is 0 Å². The number of ketones is 1. The highest BCUT2D eigenvalue weighted by Crippen LogP contribution is 2.15. The first-order valence-corrected chi connectivity index (χ1v) is 7.54. The van der Waals surface area contributed by atoms with E-state index in [1.165, 1.54) is 6.33 Å². The van der Waals surface area contributed by atoms with E-state index in [2.05, 4.69) is 20.1 Å². The molecule has 0 aliphatic heterocycles. The average Bonchev–Trinajstić information content (AvgIpc) is 3.23. The van der Waals surface area contributed by atoms with Crippen LogP contribution in [0, 0.1) is 13.8 Å². The second-order valence-electron chi connectivity index (χ2n) is 5.40.